The minimum atomic E-state index is -0.261. The summed E-state index contributed by atoms with van der Waals surface area (Å²) in [7, 11) is 0. The first kappa shape index (κ1) is 20.2. The Morgan fingerprint density at radius 1 is 0.900 bits per heavy atom. The lowest BCUT2D eigenvalue weighted by atomic mass is 10.0. The summed E-state index contributed by atoms with van der Waals surface area (Å²) < 4.78 is 5.53. The van der Waals surface area contributed by atoms with Crippen LogP contribution in [0.25, 0.3) is 5.57 Å². The molecule has 5 heteroatoms. The highest BCUT2D eigenvalue weighted by molar-refractivity contribution is 6.45. The molecule has 2 heterocycles. The highest BCUT2D eigenvalue weighted by Gasteiger charge is 2.42. The molecule has 2 aromatic carbocycles. The summed E-state index contributed by atoms with van der Waals surface area (Å²) in [6, 6.07) is 15.2. The molecular weight excluding hydrogens is 376 g/mol. The van der Waals surface area contributed by atoms with E-state index in [4.69, 9.17) is 4.74 Å². The number of hydrogen-bond donors (Lipinski definition) is 0. The van der Waals surface area contributed by atoms with Crippen LogP contribution in [-0.2, 0) is 9.59 Å². The minimum Gasteiger partial charge on any atom is -0.494 e. The monoisotopic (exact) mass is 404 g/mol. The lowest BCUT2D eigenvalue weighted by molar-refractivity contribution is -0.120. The Bertz CT molecular complexity index is 968. The predicted octanol–water partition coefficient (Wildman–Crippen LogP) is 4.59. The third-order valence-electron chi connectivity index (χ3n) is 5.75. The van der Waals surface area contributed by atoms with Crippen molar-refractivity contribution in [2.75, 3.05) is 24.6 Å². The second-order valence-corrected chi connectivity index (χ2v) is 8.07. The van der Waals surface area contributed by atoms with Gasteiger partial charge in [0.15, 0.2) is 0 Å². The molecule has 0 bridgehead atoms. The van der Waals surface area contributed by atoms with Gasteiger partial charge < -0.3 is 9.64 Å². The van der Waals surface area contributed by atoms with E-state index in [1.165, 1.54) is 10.5 Å². The van der Waals surface area contributed by atoms with Crippen molar-refractivity contribution in [2.24, 2.45) is 0 Å². The molecule has 0 aromatic heterocycles. The summed E-state index contributed by atoms with van der Waals surface area (Å²) in [5.41, 5.74) is 3.55. The molecule has 5 nitrogen and oxygen atoms in total. The van der Waals surface area contributed by atoms with Crippen LogP contribution in [0.15, 0.2) is 54.2 Å². The fourth-order valence-electron chi connectivity index (χ4n) is 4.14. The number of anilines is 1. The Kier molecular flexibility index (Phi) is 5.62. The number of nitrogens with zero attached hydrogens (tertiary/aromatic N) is 2. The van der Waals surface area contributed by atoms with Gasteiger partial charge in [0, 0.05) is 13.1 Å². The largest absolute Gasteiger partial charge is 0.494 e. The number of carbonyl (C=O) groups excluding carboxylic acids is 2. The van der Waals surface area contributed by atoms with Crippen LogP contribution in [0.3, 0.4) is 0 Å². The number of ether oxygens (including phenoxy) is 1. The van der Waals surface area contributed by atoms with Crippen LogP contribution in [-0.4, -0.2) is 36.4 Å². The van der Waals surface area contributed by atoms with Crippen LogP contribution < -0.4 is 9.64 Å². The molecule has 0 atom stereocenters. The molecule has 1 fully saturated rings. The molecule has 2 aromatic rings. The zero-order valence-electron chi connectivity index (χ0n) is 17.9. The molecule has 4 rings (SSSR count). The maximum Gasteiger partial charge on any atom is 0.282 e. The fourth-order valence-corrected chi connectivity index (χ4v) is 4.14. The first-order valence-corrected chi connectivity index (χ1v) is 10.7. The van der Waals surface area contributed by atoms with Crippen molar-refractivity contribution in [2.45, 2.75) is 39.5 Å². The zero-order valence-corrected chi connectivity index (χ0v) is 17.9. The van der Waals surface area contributed by atoms with Gasteiger partial charge in [-0.05, 0) is 61.1 Å². The van der Waals surface area contributed by atoms with E-state index < -0.39 is 0 Å². The van der Waals surface area contributed by atoms with E-state index in [9.17, 15) is 9.59 Å². The Morgan fingerprint density at radius 2 is 1.53 bits per heavy atom. The number of likely N-dealkylation sites (tertiary alicyclic amines) is 1. The first-order valence-electron chi connectivity index (χ1n) is 10.7. The summed E-state index contributed by atoms with van der Waals surface area (Å²) in [6.45, 7) is 8.36. The zero-order chi connectivity index (χ0) is 21.3. The Labute approximate surface area is 177 Å². The quantitative estimate of drug-likeness (QED) is 0.661. The summed E-state index contributed by atoms with van der Waals surface area (Å²) in [5.74, 6) is 0.649. The fraction of sp³-hybridized carbons (Fsp3) is 0.360. The second-order valence-electron chi connectivity index (χ2n) is 8.07. The molecule has 2 aliphatic rings. The molecule has 30 heavy (non-hydrogen) atoms. The van der Waals surface area contributed by atoms with Gasteiger partial charge in [-0.15, -0.1) is 0 Å². The Balaban J connectivity index is 1.74. The van der Waals surface area contributed by atoms with Gasteiger partial charge in [-0.3, -0.25) is 9.59 Å². The summed E-state index contributed by atoms with van der Waals surface area (Å²) >= 11 is 0. The number of carbonyl (C=O) groups is 2. The molecule has 0 N–H and O–H groups in total. The number of benzene rings is 2. The van der Waals surface area contributed by atoms with Crippen molar-refractivity contribution in [3.8, 4) is 5.75 Å². The van der Waals surface area contributed by atoms with Gasteiger partial charge in [-0.2, -0.15) is 0 Å². The van der Waals surface area contributed by atoms with Gasteiger partial charge in [0.1, 0.15) is 11.4 Å². The molecule has 0 aliphatic carbocycles. The smallest absolute Gasteiger partial charge is 0.282 e. The van der Waals surface area contributed by atoms with Crippen molar-refractivity contribution in [3.05, 3.63) is 65.4 Å². The van der Waals surface area contributed by atoms with Crippen LogP contribution in [0.5, 0.6) is 5.75 Å². The second kappa shape index (κ2) is 8.34. The van der Waals surface area contributed by atoms with Crippen molar-refractivity contribution < 1.29 is 14.3 Å². The first-order chi connectivity index (χ1) is 14.5. The highest BCUT2D eigenvalue weighted by Crippen LogP contribution is 2.36. The molecule has 0 saturated carbocycles. The average Bonchev–Trinajstić information content (AvgIpc) is 3.35. The average molecular weight is 405 g/mol. The third kappa shape index (κ3) is 3.60. The van der Waals surface area contributed by atoms with Gasteiger partial charge in [-0.25, -0.2) is 4.90 Å². The van der Waals surface area contributed by atoms with Crippen LogP contribution >= 0.6 is 0 Å². The van der Waals surface area contributed by atoms with E-state index in [1.54, 1.807) is 0 Å². The van der Waals surface area contributed by atoms with E-state index in [2.05, 4.69) is 18.7 Å². The molecule has 2 amide bonds. The highest BCUT2D eigenvalue weighted by atomic mass is 16.5. The third-order valence-corrected chi connectivity index (χ3v) is 5.75. The number of amides is 2. The predicted molar refractivity (Wildman–Crippen MR) is 118 cm³/mol. The Hall–Kier alpha value is -3.08. The number of rotatable bonds is 6. The van der Waals surface area contributed by atoms with Crippen LogP contribution in [0.1, 0.15) is 50.7 Å². The standard InChI is InChI=1S/C25H28N2O3/c1-4-30-21-13-9-19(10-14-21)22-23(26-15-5-6-16-26)25(29)27(24(22)28)20-11-7-18(8-12-20)17(2)3/h7-14,17H,4-6,15-16H2,1-3H3. The molecule has 0 radical (unpaired) electrons. The molecule has 2 aliphatic heterocycles. The van der Waals surface area contributed by atoms with Crippen LogP contribution in [0.4, 0.5) is 5.69 Å². The van der Waals surface area contributed by atoms with E-state index in [0.29, 0.717) is 29.5 Å². The van der Waals surface area contributed by atoms with Gasteiger partial charge in [0.05, 0.1) is 17.9 Å². The summed E-state index contributed by atoms with van der Waals surface area (Å²) in [6.07, 6.45) is 2.06. The maximum atomic E-state index is 13.5. The van der Waals surface area contributed by atoms with Crippen molar-refractivity contribution in [1.82, 2.24) is 4.90 Å². The summed E-state index contributed by atoms with van der Waals surface area (Å²) in [4.78, 5) is 30.3. The van der Waals surface area contributed by atoms with E-state index in [0.717, 1.165) is 37.2 Å². The van der Waals surface area contributed by atoms with Crippen molar-refractivity contribution in [3.63, 3.8) is 0 Å². The van der Waals surface area contributed by atoms with Crippen LogP contribution in [0.2, 0.25) is 0 Å². The maximum absolute atomic E-state index is 13.5. The van der Waals surface area contributed by atoms with Crippen molar-refractivity contribution >= 4 is 23.1 Å². The van der Waals surface area contributed by atoms with Gasteiger partial charge in [0.2, 0.25) is 0 Å². The molecule has 156 valence electrons. The number of hydrogen-bond acceptors (Lipinski definition) is 4. The van der Waals surface area contributed by atoms with Gasteiger partial charge in [-0.1, -0.05) is 38.1 Å². The van der Waals surface area contributed by atoms with Gasteiger partial charge in [0.25, 0.3) is 11.8 Å². The minimum absolute atomic E-state index is 0.233. The van der Waals surface area contributed by atoms with Crippen molar-refractivity contribution in [1.29, 1.82) is 0 Å². The lowest BCUT2D eigenvalue weighted by Crippen LogP contribution is -2.34. The van der Waals surface area contributed by atoms with E-state index in [1.807, 2.05) is 55.5 Å². The molecular formula is C25H28N2O3. The summed E-state index contributed by atoms with van der Waals surface area (Å²) in [5, 5.41) is 0. The van der Waals surface area contributed by atoms with E-state index in [-0.39, 0.29) is 11.8 Å². The topological polar surface area (TPSA) is 49.9 Å². The SMILES string of the molecule is CCOc1ccc(C2=C(N3CCCC3)C(=O)N(c3ccc(C(C)C)cc3)C2=O)cc1. The van der Waals surface area contributed by atoms with Crippen LogP contribution in [0, 0.1) is 0 Å². The lowest BCUT2D eigenvalue weighted by Gasteiger charge is -2.20. The van der Waals surface area contributed by atoms with E-state index >= 15 is 0 Å². The normalized spacial score (nSPS) is 16.9. The van der Waals surface area contributed by atoms with Gasteiger partial charge >= 0.3 is 0 Å². The molecule has 1 saturated heterocycles. The molecule has 0 unspecified atom stereocenters. The number of imide groups is 1. The Morgan fingerprint density at radius 3 is 2.10 bits per heavy atom. The molecule has 0 spiro atoms.